The van der Waals surface area contributed by atoms with Crippen LogP contribution in [0.1, 0.15) is 19.4 Å². The minimum Gasteiger partial charge on any atom is -0.369 e. The zero-order chi connectivity index (χ0) is 13.3. The van der Waals surface area contributed by atoms with Gasteiger partial charge in [0.1, 0.15) is 0 Å². The molecule has 4 heteroatoms. The fourth-order valence-electron chi connectivity index (χ4n) is 2.21. The minimum atomic E-state index is -0.290. The maximum atomic E-state index is 11.1. The van der Waals surface area contributed by atoms with Crippen LogP contribution in [0.5, 0.6) is 0 Å². The second-order valence-corrected chi connectivity index (χ2v) is 5.92. The number of amides is 1. The van der Waals surface area contributed by atoms with Gasteiger partial charge in [-0.3, -0.25) is 4.79 Å². The lowest BCUT2D eigenvalue weighted by Crippen LogP contribution is -2.13. The van der Waals surface area contributed by atoms with Crippen LogP contribution in [0.2, 0.25) is 0 Å². The molecule has 0 aliphatic rings. The maximum absolute atomic E-state index is 11.1. The lowest BCUT2D eigenvalue weighted by Gasteiger charge is -2.08. The number of nitrogens with zero attached hydrogens (tertiary/aromatic N) is 1. The molecule has 0 fully saturated rings. The van der Waals surface area contributed by atoms with Crippen LogP contribution in [0.25, 0.3) is 10.9 Å². The van der Waals surface area contributed by atoms with Crippen molar-refractivity contribution in [3.63, 3.8) is 0 Å². The largest absolute Gasteiger partial charge is 0.369 e. The highest BCUT2D eigenvalue weighted by Gasteiger charge is 2.11. The van der Waals surface area contributed by atoms with Crippen LogP contribution in [0.4, 0.5) is 0 Å². The standard InChI is InChI=1S/C14H17BrN2O/c1-9(2)7-17-8-10(5-14(16)18)12-4-3-11(15)6-13(12)17/h3-4,6,8-9H,5,7H2,1-2H3,(H2,16,18). The van der Waals surface area contributed by atoms with Crippen molar-refractivity contribution in [1.29, 1.82) is 0 Å². The molecule has 1 heterocycles. The summed E-state index contributed by atoms with van der Waals surface area (Å²) in [7, 11) is 0. The summed E-state index contributed by atoms with van der Waals surface area (Å²) in [5, 5.41) is 1.11. The number of primary amides is 1. The van der Waals surface area contributed by atoms with Crippen LogP contribution < -0.4 is 5.73 Å². The number of benzene rings is 1. The molecule has 1 aromatic heterocycles. The number of carbonyl (C=O) groups excluding carboxylic acids is 1. The van der Waals surface area contributed by atoms with Crippen molar-refractivity contribution >= 4 is 32.7 Å². The molecule has 0 aliphatic heterocycles. The molecule has 0 atom stereocenters. The van der Waals surface area contributed by atoms with E-state index >= 15 is 0 Å². The maximum Gasteiger partial charge on any atom is 0.221 e. The van der Waals surface area contributed by atoms with E-state index in [1.165, 1.54) is 0 Å². The highest BCUT2D eigenvalue weighted by Crippen LogP contribution is 2.26. The van der Waals surface area contributed by atoms with Gasteiger partial charge in [0.05, 0.1) is 6.42 Å². The van der Waals surface area contributed by atoms with Gasteiger partial charge >= 0.3 is 0 Å². The van der Waals surface area contributed by atoms with Gasteiger partial charge in [0.25, 0.3) is 0 Å². The zero-order valence-electron chi connectivity index (χ0n) is 10.6. The summed E-state index contributed by atoms with van der Waals surface area (Å²) >= 11 is 3.49. The van der Waals surface area contributed by atoms with E-state index in [-0.39, 0.29) is 5.91 Å². The lowest BCUT2D eigenvalue weighted by molar-refractivity contribution is -0.117. The third kappa shape index (κ3) is 2.75. The number of nitrogens with two attached hydrogens (primary N) is 1. The summed E-state index contributed by atoms with van der Waals surface area (Å²) < 4.78 is 3.24. The molecule has 0 saturated heterocycles. The third-order valence-corrected chi connectivity index (χ3v) is 3.35. The van der Waals surface area contributed by atoms with E-state index in [2.05, 4.69) is 40.4 Å². The second-order valence-electron chi connectivity index (χ2n) is 5.01. The molecular weight excluding hydrogens is 292 g/mol. The van der Waals surface area contributed by atoms with Gasteiger partial charge in [-0.25, -0.2) is 0 Å². The van der Waals surface area contributed by atoms with Crippen molar-refractivity contribution in [2.45, 2.75) is 26.8 Å². The lowest BCUT2D eigenvalue weighted by atomic mass is 10.1. The Morgan fingerprint density at radius 1 is 1.44 bits per heavy atom. The number of hydrogen-bond donors (Lipinski definition) is 1. The van der Waals surface area contributed by atoms with Crippen LogP contribution in [0, 0.1) is 5.92 Å². The number of fused-ring (bicyclic) bond motifs is 1. The summed E-state index contributed by atoms with van der Waals surface area (Å²) in [5.74, 6) is 0.266. The van der Waals surface area contributed by atoms with Gasteiger partial charge in [0.2, 0.25) is 5.91 Å². The molecule has 1 amide bonds. The van der Waals surface area contributed by atoms with Crippen molar-refractivity contribution in [1.82, 2.24) is 4.57 Å². The summed E-state index contributed by atoms with van der Waals surface area (Å²) in [6, 6.07) is 6.11. The molecule has 1 aromatic carbocycles. The topological polar surface area (TPSA) is 48.0 Å². The average molecular weight is 309 g/mol. The van der Waals surface area contributed by atoms with E-state index in [0.717, 1.165) is 27.5 Å². The molecule has 0 saturated carbocycles. The molecule has 2 aromatic rings. The highest BCUT2D eigenvalue weighted by molar-refractivity contribution is 9.10. The van der Waals surface area contributed by atoms with Gasteiger partial charge in [-0.2, -0.15) is 0 Å². The van der Waals surface area contributed by atoms with Crippen molar-refractivity contribution in [2.75, 3.05) is 0 Å². The number of hydrogen-bond acceptors (Lipinski definition) is 1. The van der Waals surface area contributed by atoms with Crippen molar-refractivity contribution in [2.24, 2.45) is 11.7 Å². The first kappa shape index (κ1) is 13.1. The van der Waals surface area contributed by atoms with Crippen molar-refractivity contribution in [3.05, 3.63) is 34.4 Å². The SMILES string of the molecule is CC(C)Cn1cc(CC(N)=O)c2ccc(Br)cc21. The van der Waals surface area contributed by atoms with Gasteiger partial charge in [-0.05, 0) is 23.6 Å². The number of aromatic nitrogens is 1. The summed E-state index contributed by atoms with van der Waals surface area (Å²) in [5.41, 5.74) is 7.45. The molecule has 0 spiro atoms. The predicted molar refractivity (Wildman–Crippen MR) is 77.4 cm³/mol. The third-order valence-electron chi connectivity index (χ3n) is 2.85. The molecule has 0 unspecified atom stereocenters. The number of carbonyl (C=O) groups is 1. The van der Waals surface area contributed by atoms with Crippen LogP contribution in [-0.2, 0) is 17.8 Å². The number of rotatable bonds is 4. The molecule has 2 rings (SSSR count). The van der Waals surface area contributed by atoms with Gasteiger partial charge in [0.15, 0.2) is 0 Å². The zero-order valence-corrected chi connectivity index (χ0v) is 12.2. The second kappa shape index (κ2) is 5.14. The Balaban J connectivity index is 2.55. The summed E-state index contributed by atoms with van der Waals surface area (Å²) in [6.07, 6.45) is 2.34. The van der Waals surface area contributed by atoms with Crippen LogP contribution >= 0.6 is 15.9 Å². The van der Waals surface area contributed by atoms with Crippen LogP contribution in [0.15, 0.2) is 28.9 Å². The first-order valence-corrected chi connectivity index (χ1v) is 6.82. The van der Waals surface area contributed by atoms with Gasteiger partial charge in [-0.15, -0.1) is 0 Å². The Morgan fingerprint density at radius 3 is 2.78 bits per heavy atom. The molecule has 2 N–H and O–H groups in total. The van der Waals surface area contributed by atoms with Crippen LogP contribution in [-0.4, -0.2) is 10.5 Å². The van der Waals surface area contributed by atoms with Gasteiger partial charge < -0.3 is 10.3 Å². The Bertz CT molecular complexity index is 587. The van der Waals surface area contributed by atoms with Crippen molar-refractivity contribution in [3.8, 4) is 0 Å². The molecule has 0 radical (unpaired) electrons. The Morgan fingerprint density at radius 2 is 2.17 bits per heavy atom. The van der Waals surface area contributed by atoms with Gasteiger partial charge in [0, 0.05) is 28.1 Å². The van der Waals surface area contributed by atoms with Crippen LogP contribution in [0.3, 0.4) is 0 Å². The number of halogens is 1. The average Bonchev–Trinajstić information content (AvgIpc) is 2.54. The monoisotopic (exact) mass is 308 g/mol. The van der Waals surface area contributed by atoms with E-state index in [9.17, 15) is 4.79 Å². The highest BCUT2D eigenvalue weighted by atomic mass is 79.9. The minimum absolute atomic E-state index is 0.290. The summed E-state index contributed by atoms with van der Waals surface area (Å²) in [6.45, 7) is 5.29. The predicted octanol–water partition coefficient (Wildman–Crippen LogP) is 3.09. The molecule has 96 valence electrons. The van der Waals surface area contributed by atoms with E-state index in [1.54, 1.807) is 0 Å². The van der Waals surface area contributed by atoms with Gasteiger partial charge in [-0.1, -0.05) is 35.8 Å². The fraction of sp³-hybridized carbons (Fsp3) is 0.357. The molecule has 18 heavy (non-hydrogen) atoms. The molecular formula is C14H17BrN2O. The normalized spacial score (nSPS) is 11.3. The molecule has 0 bridgehead atoms. The molecule has 0 aliphatic carbocycles. The fourth-order valence-corrected chi connectivity index (χ4v) is 2.56. The van der Waals surface area contributed by atoms with E-state index in [4.69, 9.17) is 5.73 Å². The van der Waals surface area contributed by atoms with Crippen molar-refractivity contribution < 1.29 is 4.79 Å². The first-order chi connectivity index (χ1) is 8.47. The summed E-state index contributed by atoms with van der Waals surface area (Å²) in [4.78, 5) is 11.1. The van der Waals surface area contributed by atoms with E-state index in [1.807, 2.05) is 18.3 Å². The van der Waals surface area contributed by atoms with E-state index < -0.39 is 0 Å². The van der Waals surface area contributed by atoms with E-state index in [0.29, 0.717) is 12.3 Å². The smallest absolute Gasteiger partial charge is 0.221 e. The quantitative estimate of drug-likeness (QED) is 0.927. The molecule has 3 nitrogen and oxygen atoms in total. The Kier molecular flexibility index (Phi) is 3.76. The Labute approximate surface area is 115 Å². The first-order valence-electron chi connectivity index (χ1n) is 6.03. The Hall–Kier alpha value is -1.29.